The minimum Gasteiger partial charge on any atom is -0.486 e. The lowest BCUT2D eigenvalue weighted by Crippen LogP contribution is -2.48. The van der Waals surface area contributed by atoms with Crippen molar-refractivity contribution in [3.63, 3.8) is 0 Å². The van der Waals surface area contributed by atoms with E-state index >= 15 is 0 Å². The molecule has 7 nitrogen and oxygen atoms in total. The van der Waals surface area contributed by atoms with E-state index in [1.165, 1.54) is 30.3 Å². The second-order valence-corrected chi connectivity index (χ2v) is 9.44. The van der Waals surface area contributed by atoms with Crippen LogP contribution in [0.1, 0.15) is 27.2 Å². The number of hydrogen-bond acceptors (Lipinski definition) is 5. The Balaban J connectivity index is 1.98. The Kier molecular flexibility index (Phi) is 6.21. The maximum absolute atomic E-state index is 13.4. The first kappa shape index (κ1) is 21.9. The van der Waals surface area contributed by atoms with E-state index in [2.05, 4.69) is 5.32 Å². The van der Waals surface area contributed by atoms with Crippen LogP contribution in [0.25, 0.3) is 0 Å². The monoisotopic (exact) mass is 436 g/mol. The van der Waals surface area contributed by atoms with Crippen LogP contribution in [0.5, 0.6) is 11.5 Å². The summed E-state index contributed by atoms with van der Waals surface area (Å²) in [7, 11) is -4.14. The number of halogens is 1. The summed E-state index contributed by atoms with van der Waals surface area (Å²) in [6.45, 7) is 5.86. The van der Waals surface area contributed by atoms with Gasteiger partial charge >= 0.3 is 0 Å². The molecule has 0 atom stereocenters. The Morgan fingerprint density at radius 2 is 1.73 bits per heavy atom. The molecular formula is C21H25FN2O5S. The van der Waals surface area contributed by atoms with Crippen molar-refractivity contribution < 1.29 is 27.1 Å². The van der Waals surface area contributed by atoms with Gasteiger partial charge in [0.25, 0.3) is 10.0 Å². The molecule has 2 aromatic rings. The zero-order valence-electron chi connectivity index (χ0n) is 17.1. The average molecular weight is 437 g/mol. The van der Waals surface area contributed by atoms with Crippen molar-refractivity contribution in [1.29, 1.82) is 0 Å². The highest BCUT2D eigenvalue weighted by molar-refractivity contribution is 7.92. The van der Waals surface area contributed by atoms with Crippen molar-refractivity contribution in [3.05, 3.63) is 48.3 Å². The molecule has 0 unspecified atom stereocenters. The number of amides is 1. The maximum atomic E-state index is 13.4. The predicted molar refractivity (Wildman–Crippen MR) is 111 cm³/mol. The molecule has 0 aromatic heterocycles. The summed E-state index contributed by atoms with van der Waals surface area (Å²) in [6.07, 6.45) is 0.671. The molecular weight excluding hydrogens is 411 g/mol. The van der Waals surface area contributed by atoms with Crippen LogP contribution in [0, 0.1) is 5.82 Å². The van der Waals surface area contributed by atoms with Gasteiger partial charge in [0.2, 0.25) is 5.91 Å². The summed E-state index contributed by atoms with van der Waals surface area (Å²) >= 11 is 0. The molecule has 0 saturated carbocycles. The normalized spacial score (nSPS) is 13.6. The van der Waals surface area contributed by atoms with Gasteiger partial charge in [-0.2, -0.15) is 0 Å². The van der Waals surface area contributed by atoms with Gasteiger partial charge in [-0.1, -0.05) is 6.92 Å². The molecule has 1 aliphatic heterocycles. The smallest absolute Gasteiger partial charge is 0.264 e. The van der Waals surface area contributed by atoms with Crippen molar-refractivity contribution in [2.24, 2.45) is 0 Å². The molecule has 162 valence electrons. The van der Waals surface area contributed by atoms with Crippen molar-refractivity contribution in [2.45, 2.75) is 37.6 Å². The van der Waals surface area contributed by atoms with Gasteiger partial charge in [0, 0.05) is 11.6 Å². The number of rotatable bonds is 7. The Hall–Kier alpha value is -2.81. The van der Waals surface area contributed by atoms with Gasteiger partial charge in [0.15, 0.2) is 11.5 Å². The van der Waals surface area contributed by atoms with Crippen molar-refractivity contribution >= 4 is 21.6 Å². The minimum atomic E-state index is -4.14. The number of hydrogen-bond donors (Lipinski definition) is 1. The van der Waals surface area contributed by atoms with Crippen molar-refractivity contribution in [2.75, 3.05) is 24.1 Å². The molecule has 3 rings (SSSR count). The molecule has 1 amide bonds. The second kappa shape index (κ2) is 8.51. The van der Waals surface area contributed by atoms with Crippen molar-refractivity contribution in [3.8, 4) is 11.5 Å². The van der Waals surface area contributed by atoms with E-state index in [4.69, 9.17) is 9.47 Å². The number of carbonyl (C=O) groups excluding carboxylic acids is 1. The highest BCUT2D eigenvalue weighted by Crippen LogP contribution is 2.34. The van der Waals surface area contributed by atoms with E-state index < -0.39 is 33.8 Å². The van der Waals surface area contributed by atoms with Crippen LogP contribution in [0.4, 0.5) is 10.1 Å². The molecule has 2 aromatic carbocycles. The maximum Gasteiger partial charge on any atom is 0.264 e. The summed E-state index contributed by atoms with van der Waals surface area (Å²) in [4.78, 5) is 12.6. The number of sulfonamides is 1. The summed E-state index contributed by atoms with van der Waals surface area (Å²) < 4.78 is 52.2. The summed E-state index contributed by atoms with van der Waals surface area (Å²) in [5, 5.41) is 2.83. The van der Waals surface area contributed by atoms with Gasteiger partial charge in [0.1, 0.15) is 25.6 Å². The first-order valence-corrected chi connectivity index (χ1v) is 11.1. The van der Waals surface area contributed by atoms with Crippen LogP contribution in [0.3, 0.4) is 0 Å². The first-order chi connectivity index (χ1) is 14.1. The first-order valence-electron chi connectivity index (χ1n) is 9.61. The van der Waals surface area contributed by atoms with Crippen LogP contribution >= 0.6 is 0 Å². The van der Waals surface area contributed by atoms with Crippen LogP contribution in [0.2, 0.25) is 0 Å². The van der Waals surface area contributed by atoms with Crippen LogP contribution < -0.4 is 19.1 Å². The molecule has 0 saturated heterocycles. The molecule has 0 fully saturated rings. The largest absolute Gasteiger partial charge is 0.486 e. The van der Waals surface area contributed by atoms with E-state index in [1.807, 2.05) is 20.8 Å². The zero-order chi connectivity index (χ0) is 21.9. The number of carbonyl (C=O) groups is 1. The number of nitrogens with one attached hydrogen (secondary N) is 1. The molecule has 0 bridgehead atoms. The standard InChI is InChI=1S/C21H25FN2O5S/c1-4-21(2,3)23-20(25)14-24(16-7-5-15(22)6-8-16)30(26,27)17-9-10-18-19(13-17)29-12-11-28-18/h5-10,13H,4,11-12,14H2,1-3H3,(H,23,25). The fourth-order valence-corrected chi connectivity index (χ4v) is 4.31. The summed E-state index contributed by atoms with van der Waals surface area (Å²) in [5.74, 6) is -0.201. The summed E-state index contributed by atoms with van der Waals surface area (Å²) in [5.41, 5.74) is -0.317. The fraction of sp³-hybridized carbons (Fsp3) is 0.381. The molecule has 0 aliphatic carbocycles. The van der Waals surface area contributed by atoms with Gasteiger partial charge in [0.05, 0.1) is 10.6 Å². The van der Waals surface area contributed by atoms with Crippen molar-refractivity contribution in [1.82, 2.24) is 5.32 Å². The summed E-state index contributed by atoms with van der Waals surface area (Å²) in [6, 6.07) is 9.23. The third-order valence-corrected chi connectivity index (χ3v) is 6.63. The Labute approximate surface area is 175 Å². The molecule has 1 aliphatic rings. The number of benzene rings is 2. The van der Waals surface area contributed by atoms with Crippen LogP contribution in [-0.2, 0) is 14.8 Å². The van der Waals surface area contributed by atoms with Gasteiger partial charge in [-0.15, -0.1) is 0 Å². The Morgan fingerprint density at radius 1 is 1.10 bits per heavy atom. The number of fused-ring (bicyclic) bond motifs is 1. The number of nitrogens with zero attached hydrogens (tertiary/aromatic N) is 1. The van der Waals surface area contributed by atoms with E-state index in [0.29, 0.717) is 31.1 Å². The fourth-order valence-electron chi connectivity index (χ4n) is 2.87. The Bertz CT molecular complexity index is 1020. The van der Waals surface area contributed by atoms with Gasteiger partial charge in [-0.3, -0.25) is 9.10 Å². The zero-order valence-corrected chi connectivity index (χ0v) is 18.0. The third-order valence-electron chi connectivity index (χ3n) is 4.87. The molecule has 0 spiro atoms. The number of anilines is 1. The average Bonchev–Trinajstić information content (AvgIpc) is 2.72. The molecule has 0 radical (unpaired) electrons. The van der Waals surface area contributed by atoms with Crippen LogP contribution in [-0.4, -0.2) is 39.6 Å². The van der Waals surface area contributed by atoms with E-state index in [1.54, 1.807) is 0 Å². The molecule has 30 heavy (non-hydrogen) atoms. The SMILES string of the molecule is CCC(C)(C)NC(=O)CN(c1ccc(F)cc1)S(=O)(=O)c1ccc2c(c1)OCCO2. The molecule has 1 N–H and O–H groups in total. The molecule has 1 heterocycles. The topological polar surface area (TPSA) is 84.9 Å². The second-order valence-electron chi connectivity index (χ2n) is 7.58. The van der Waals surface area contributed by atoms with E-state index in [9.17, 15) is 17.6 Å². The van der Waals surface area contributed by atoms with Gasteiger partial charge in [-0.05, 0) is 56.7 Å². The van der Waals surface area contributed by atoms with Crippen LogP contribution in [0.15, 0.2) is 47.4 Å². The lowest BCUT2D eigenvalue weighted by molar-refractivity contribution is -0.121. The number of ether oxygens (including phenoxy) is 2. The highest BCUT2D eigenvalue weighted by atomic mass is 32.2. The van der Waals surface area contributed by atoms with E-state index in [-0.39, 0.29) is 10.6 Å². The third kappa shape index (κ3) is 4.84. The van der Waals surface area contributed by atoms with Gasteiger partial charge in [-0.25, -0.2) is 12.8 Å². The van der Waals surface area contributed by atoms with Gasteiger partial charge < -0.3 is 14.8 Å². The lowest BCUT2D eigenvalue weighted by Gasteiger charge is -2.29. The molecule has 9 heteroatoms. The Morgan fingerprint density at radius 3 is 2.37 bits per heavy atom. The lowest BCUT2D eigenvalue weighted by atomic mass is 10.0. The minimum absolute atomic E-state index is 0.0568. The predicted octanol–water partition coefficient (Wildman–Crippen LogP) is 3.10. The quantitative estimate of drug-likeness (QED) is 0.721. The highest BCUT2D eigenvalue weighted by Gasteiger charge is 2.30. The van der Waals surface area contributed by atoms with E-state index in [0.717, 1.165) is 16.4 Å².